The van der Waals surface area contributed by atoms with Crippen LogP contribution < -0.4 is 0 Å². The highest BCUT2D eigenvalue weighted by atomic mass is 32.2. The zero-order valence-corrected chi connectivity index (χ0v) is 34.1. The zero-order chi connectivity index (χ0) is 36.9. The Balaban J connectivity index is 0.000000523. The summed E-state index contributed by atoms with van der Waals surface area (Å²) in [5.41, 5.74) is -1.09. The van der Waals surface area contributed by atoms with Gasteiger partial charge in [0, 0.05) is 54.1 Å². The van der Waals surface area contributed by atoms with Gasteiger partial charge in [-0.15, -0.1) is 36.7 Å². The Labute approximate surface area is 332 Å². The van der Waals surface area contributed by atoms with Crippen LogP contribution in [0.5, 0.6) is 0 Å². The summed E-state index contributed by atoms with van der Waals surface area (Å²) < 4.78 is 26.6. The summed E-state index contributed by atoms with van der Waals surface area (Å²) in [5, 5.41) is 0. The van der Waals surface area contributed by atoms with Crippen LogP contribution in [0.4, 0.5) is 0 Å². The lowest BCUT2D eigenvalue weighted by Gasteiger charge is -2.31. The van der Waals surface area contributed by atoms with Crippen LogP contribution in [0.2, 0.25) is 0 Å². The van der Waals surface area contributed by atoms with Gasteiger partial charge in [-0.05, 0) is 48.5 Å². The van der Waals surface area contributed by atoms with Crippen molar-refractivity contribution in [1.82, 2.24) is 0 Å². The van der Waals surface area contributed by atoms with Crippen LogP contribution in [0.3, 0.4) is 0 Å². The van der Waals surface area contributed by atoms with E-state index in [1.807, 2.05) is 12.2 Å². The number of rotatable bonds is 26. The average Bonchev–Trinajstić information content (AvgIpc) is 3.12. The topological polar surface area (TPSA) is 97.4 Å². The molecular formula is C35H48O8S7. The Hall–Kier alpha value is -1.30. The lowest BCUT2D eigenvalue weighted by molar-refractivity contribution is -0.171. The third-order valence-electron chi connectivity index (χ3n) is 6.00. The molecule has 0 fully saturated rings. The Morgan fingerprint density at radius 3 is 1.30 bits per heavy atom. The van der Waals surface area contributed by atoms with E-state index in [1.165, 1.54) is 19.6 Å². The van der Waals surface area contributed by atoms with Crippen molar-refractivity contribution in [3.8, 4) is 0 Å². The van der Waals surface area contributed by atoms with Crippen molar-refractivity contribution in [3.05, 3.63) is 73.8 Å². The summed E-state index contributed by atoms with van der Waals surface area (Å²) in [7, 11) is 0. The van der Waals surface area contributed by atoms with Gasteiger partial charge in [-0.1, -0.05) is 23.9 Å². The first-order valence-corrected chi connectivity index (χ1v) is 21.0. The van der Waals surface area contributed by atoms with Gasteiger partial charge in [0.2, 0.25) is 0 Å². The summed E-state index contributed by atoms with van der Waals surface area (Å²) in [4.78, 5) is 40.5. The molecule has 0 saturated heterocycles. The zero-order valence-electron chi connectivity index (χ0n) is 28.1. The number of carbonyl (C=O) groups is 3. The molecule has 0 bridgehead atoms. The number of benzene rings is 2. The van der Waals surface area contributed by atoms with Gasteiger partial charge in [0.25, 0.3) is 0 Å². The normalized spacial score (nSPS) is 10.8. The molecule has 8 nitrogen and oxygen atoms in total. The molecule has 15 heteroatoms. The number of thioether (sulfide) groups is 2. The first kappa shape index (κ1) is 46.7. The number of hydrogen-bond acceptors (Lipinski definition) is 15. The molecule has 0 aliphatic heterocycles. The van der Waals surface area contributed by atoms with Gasteiger partial charge in [0.05, 0.1) is 37.9 Å². The molecule has 2 aromatic carbocycles. The van der Waals surface area contributed by atoms with Gasteiger partial charge in [0.1, 0.15) is 26.6 Å². The van der Waals surface area contributed by atoms with Crippen LogP contribution in [0.25, 0.3) is 0 Å². The molecule has 2 rings (SSSR count). The molecule has 0 atom stereocenters. The average molecular weight is 821 g/mol. The molecule has 278 valence electrons. The summed E-state index contributed by atoms with van der Waals surface area (Å²) >= 11 is 21.4. The van der Waals surface area contributed by atoms with Crippen LogP contribution in [0, 0.1) is 5.41 Å². The SMILES string of the molecule is C=CCSc1ccc(Sc2ccc(SCC=C)cc2)cc1.O=C(CCS)OCC(COCOCCS)(COC(=O)CCS)COC(=O)CCS. The minimum absolute atomic E-state index is 0.0317. The minimum Gasteiger partial charge on any atom is -0.465 e. The number of esters is 3. The van der Waals surface area contributed by atoms with Gasteiger partial charge in [0.15, 0.2) is 0 Å². The van der Waals surface area contributed by atoms with E-state index in [2.05, 4.69) is 112 Å². The van der Waals surface area contributed by atoms with Crippen molar-refractivity contribution in [2.75, 3.05) is 74.3 Å². The predicted molar refractivity (Wildman–Crippen MR) is 220 cm³/mol. The maximum atomic E-state index is 11.8. The number of thiol groups is 4. The van der Waals surface area contributed by atoms with Crippen molar-refractivity contribution in [1.29, 1.82) is 0 Å². The van der Waals surface area contributed by atoms with E-state index in [-0.39, 0.29) is 52.5 Å². The molecule has 0 N–H and O–H groups in total. The smallest absolute Gasteiger partial charge is 0.306 e. The fraction of sp³-hybridized carbons (Fsp3) is 0.457. The molecule has 2 aromatic rings. The molecule has 50 heavy (non-hydrogen) atoms. The molecule has 0 amide bonds. The highest BCUT2D eigenvalue weighted by Crippen LogP contribution is 2.31. The Kier molecular flexibility index (Phi) is 28.2. The molecule has 0 radical (unpaired) electrons. The first-order chi connectivity index (χ1) is 24.2. The summed E-state index contributed by atoms with van der Waals surface area (Å²) in [5.74, 6) is 2.00. The van der Waals surface area contributed by atoms with E-state index >= 15 is 0 Å². The number of carbonyl (C=O) groups excluding carboxylic acids is 3. The van der Waals surface area contributed by atoms with Gasteiger partial charge in [-0.2, -0.15) is 50.5 Å². The lowest BCUT2D eigenvalue weighted by atomic mass is 9.92. The fourth-order valence-corrected chi connectivity index (χ4v) is 6.31. The predicted octanol–water partition coefficient (Wildman–Crippen LogP) is 7.88. The quantitative estimate of drug-likeness (QED) is 0.0142. The number of ether oxygens (including phenoxy) is 5. The summed E-state index contributed by atoms with van der Waals surface area (Å²) in [6.07, 6.45) is 4.20. The van der Waals surface area contributed by atoms with E-state index < -0.39 is 23.3 Å². The summed E-state index contributed by atoms with van der Waals surface area (Å²) in [6.45, 7) is 7.29. The second-order valence-corrected chi connectivity index (χ2v) is 15.4. The highest BCUT2D eigenvalue weighted by molar-refractivity contribution is 8.00. The first-order valence-electron chi connectivity index (χ1n) is 15.7. The molecule has 0 aliphatic carbocycles. The highest BCUT2D eigenvalue weighted by Gasteiger charge is 2.36. The maximum absolute atomic E-state index is 11.8. The fourth-order valence-electron chi connectivity index (χ4n) is 3.54. The minimum atomic E-state index is -1.09. The van der Waals surface area contributed by atoms with Gasteiger partial charge in [-0.25, -0.2) is 0 Å². The second kappa shape index (κ2) is 30.2. The van der Waals surface area contributed by atoms with E-state index in [0.29, 0.717) is 29.6 Å². The van der Waals surface area contributed by atoms with Crippen LogP contribution in [0.1, 0.15) is 19.3 Å². The van der Waals surface area contributed by atoms with Gasteiger partial charge in [-0.3, -0.25) is 14.4 Å². The standard InChI is InChI=1S/C18H18S3.C17H30O8S4/c1-3-13-19-15-5-9-17(10-6-15)21-18-11-7-16(8-12-18)20-14-4-2;18-14(1-5-26)23-10-17(9-22-13-21-4-8-29,11-24-15(19)2-6-27)12-25-16(20)3-7-28/h3-12H,1-2,13-14H2;26-29H,1-13H2. The van der Waals surface area contributed by atoms with Crippen molar-refractivity contribution < 1.29 is 38.1 Å². The van der Waals surface area contributed by atoms with Gasteiger partial charge >= 0.3 is 17.9 Å². The molecule has 0 saturated carbocycles. The maximum Gasteiger partial charge on any atom is 0.306 e. The van der Waals surface area contributed by atoms with Crippen molar-refractivity contribution in [3.63, 3.8) is 0 Å². The van der Waals surface area contributed by atoms with Crippen molar-refractivity contribution in [2.45, 2.75) is 38.8 Å². The lowest BCUT2D eigenvalue weighted by Crippen LogP contribution is -2.43. The largest absolute Gasteiger partial charge is 0.465 e. The molecular weight excluding hydrogens is 773 g/mol. The van der Waals surface area contributed by atoms with Crippen LogP contribution >= 0.6 is 85.8 Å². The van der Waals surface area contributed by atoms with E-state index in [0.717, 1.165) is 11.5 Å². The molecule has 0 aromatic heterocycles. The van der Waals surface area contributed by atoms with Crippen molar-refractivity contribution in [2.24, 2.45) is 5.41 Å². The second-order valence-electron chi connectivity index (χ2n) is 10.2. The van der Waals surface area contributed by atoms with Crippen molar-refractivity contribution >= 4 is 104 Å². The van der Waals surface area contributed by atoms with Crippen LogP contribution in [-0.4, -0.2) is 92.3 Å². The van der Waals surface area contributed by atoms with E-state index in [4.69, 9.17) is 23.7 Å². The monoisotopic (exact) mass is 820 g/mol. The van der Waals surface area contributed by atoms with Gasteiger partial charge < -0.3 is 23.7 Å². The molecule has 0 unspecified atom stereocenters. The van der Waals surface area contributed by atoms with Crippen LogP contribution in [0.15, 0.2) is 93.4 Å². The molecule has 0 aliphatic rings. The Morgan fingerprint density at radius 1 is 0.580 bits per heavy atom. The van der Waals surface area contributed by atoms with E-state index in [9.17, 15) is 14.4 Å². The number of hydrogen-bond donors (Lipinski definition) is 4. The molecule has 0 heterocycles. The third-order valence-corrected chi connectivity index (χ3v) is 9.88. The Bertz CT molecular complexity index is 1140. The summed E-state index contributed by atoms with van der Waals surface area (Å²) in [6, 6.07) is 17.4. The van der Waals surface area contributed by atoms with E-state index in [1.54, 1.807) is 35.3 Å². The Morgan fingerprint density at radius 2 is 0.960 bits per heavy atom. The molecule has 0 spiro atoms. The van der Waals surface area contributed by atoms with Crippen LogP contribution in [-0.2, 0) is 38.1 Å². The third kappa shape index (κ3) is 22.6.